The van der Waals surface area contributed by atoms with Crippen molar-refractivity contribution in [1.82, 2.24) is 0 Å². The molecule has 2 unspecified atom stereocenters. The van der Waals surface area contributed by atoms with E-state index in [1.807, 2.05) is 21.1 Å². The Morgan fingerprint density at radius 2 is 0.841 bits per heavy atom. The van der Waals surface area contributed by atoms with E-state index in [4.69, 9.17) is 14.2 Å². The quantitative estimate of drug-likeness (QED) is 0.0281. The largest absolute Gasteiger partial charge is 0.477 e. The Labute approximate surface area is 388 Å². The van der Waals surface area contributed by atoms with Crippen molar-refractivity contribution >= 4 is 17.9 Å². The smallest absolute Gasteiger partial charge is 0.362 e. The molecule has 63 heavy (non-hydrogen) atoms. The maximum absolute atomic E-state index is 12.8. The minimum Gasteiger partial charge on any atom is -0.477 e. The van der Waals surface area contributed by atoms with Gasteiger partial charge in [-0.25, -0.2) is 4.79 Å². The van der Waals surface area contributed by atoms with Gasteiger partial charge in [-0.1, -0.05) is 204 Å². The fourth-order valence-electron chi connectivity index (χ4n) is 7.66. The average molecular weight is 887 g/mol. The lowest BCUT2D eigenvalue weighted by Gasteiger charge is -2.31. The molecule has 0 rings (SSSR count). The molecule has 0 aliphatic carbocycles. The Balaban J connectivity index is 4.27. The Morgan fingerprint density at radius 3 is 1.27 bits per heavy atom. The predicted molar refractivity (Wildman–Crippen MR) is 266 cm³/mol. The van der Waals surface area contributed by atoms with E-state index in [9.17, 15) is 19.5 Å². The lowest BCUT2D eigenvalue weighted by Crippen LogP contribution is -2.50. The highest BCUT2D eigenvalue weighted by Gasteiger charge is 2.31. The number of esters is 2. The maximum atomic E-state index is 12.8. The van der Waals surface area contributed by atoms with E-state index >= 15 is 0 Å². The molecule has 0 amide bonds. The number of unbranched alkanes of at least 4 members (excludes halogenated alkanes) is 25. The monoisotopic (exact) mass is 887 g/mol. The fourth-order valence-corrected chi connectivity index (χ4v) is 7.66. The van der Waals surface area contributed by atoms with Crippen molar-refractivity contribution in [2.45, 2.75) is 244 Å². The number of aliphatic carboxylic acids is 1. The zero-order chi connectivity index (χ0) is 46.3. The van der Waals surface area contributed by atoms with Gasteiger partial charge in [-0.2, -0.15) is 0 Å². The molecule has 0 aromatic heterocycles. The van der Waals surface area contributed by atoms with Crippen LogP contribution in [-0.2, 0) is 28.6 Å². The zero-order valence-corrected chi connectivity index (χ0v) is 41.8. The van der Waals surface area contributed by atoms with Crippen molar-refractivity contribution in [3.8, 4) is 0 Å². The molecular formula is C55H100NO7+. The van der Waals surface area contributed by atoms with Gasteiger partial charge in [0, 0.05) is 19.3 Å². The second-order valence-electron chi connectivity index (χ2n) is 18.8. The third-order valence-electron chi connectivity index (χ3n) is 11.7. The molecular weight excluding hydrogens is 787 g/mol. The van der Waals surface area contributed by atoms with Crippen LogP contribution in [0.4, 0.5) is 0 Å². The van der Waals surface area contributed by atoms with Gasteiger partial charge in [0.2, 0.25) is 0 Å². The highest BCUT2D eigenvalue weighted by Crippen LogP contribution is 2.16. The van der Waals surface area contributed by atoms with Crippen LogP contribution >= 0.6 is 0 Å². The normalized spacial score (nSPS) is 13.2. The summed E-state index contributed by atoms with van der Waals surface area (Å²) in [5, 5.41) is 9.66. The van der Waals surface area contributed by atoms with Gasteiger partial charge in [0.15, 0.2) is 12.1 Å². The van der Waals surface area contributed by atoms with Gasteiger partial charge in [0.1, 0.15) is 6.61 Å². The molecule has 0 aliphatic heterocycles. The Hall–Kier alpha value is -2.71. The van der Waals surface area contributed by atoms with Crippen LogP contribution in [0.1, 0.15) is 232 Å². The summed E-state index contributed by atoms with van der Waals surface area (Å²) in [7, 11) is 5.53. The van der Waals surface area contributed by atoms with E-state index in [0.717, 1.165) is 77.0 Å². The number of quaternary nitrogens is 1. The Kier molecular flexibility index (Phi) is 43.9. The molecule has 8 heteroatoms. The van der Waals surface area contributed by atoms with Crippen LogP contribution in [-0.4, -0.2) is 80.6 Å². The lowest BCUT2D eigenvalue weighted by molar-refractivity contribution is -0.887. The molecule has 0 heterocycles. The Morgan fingerprint density at radius 1 is 0.476 bits per heavy atom. The van der Waals surface area contributed by atoms with Crippen LogP contribution in [0.2, 0.25) is 0 Å². The number of rotatable bonds is 47. The van der Waals surface area contributed by atoms with Gasteiger partial charge in [-0.3, -0.25) is 9.59 Å². The molecule has 1 N–H and O–H groups in total. The summed E-state index contributed by atoms with van der Waals surface area (Å²) in [6.45, 7) is 4.72. The first-order valence-electron chi connectivity index (χ1n) is 26.2. The molecule has 8 nitrogen and oxygen atoms in total. The number of hydrogen-bond donors (Lipinski definition) is 1. The number of carbonyl (C=O) groups excluding carboxylic acids is 2. The first kappa shape index (κ1) is 60.3. The van der Waals surface area contributed by atoms with E-state index in [1.165, 1.54) is 122 Å². The van der Waals surface area contributed by atoms with Crippen molar-refractivity contribution in [3.05, 3.63) is 48.6 Å². The van der Waals surface area contributed by atoms with Crippen molar-refractivity contribution in [1.29, 1.82) is 0 Å². The third-order valence-corrected chi connectivity index (χ3v) is 11.7. The van der Waals surface area contributed by atoms with E-state index in [2.05, 4.69) is 62.5 Å². The highest BCUT2D eigenvalue weighted by atomic mass is 16.6. The number of carboxylic acids is 1. The van der Waals surface area contributed by atoms with E-state index < -0.39 is 18.1 Å². The predicted octanol–water partition coefficient (Wildman–Crippen LogP) is 15.1. The van der Waals surface area contributed by atoms with Gasteiger partial charge in [-0.05, 0) is 57.8 Å². The van der Waals surface area contributed by atoms with E-state index in [-0.39, 0.29) is 36.2 Å². The molecule has 2 atom stereocenters. The summed E-state index contributed by atoms with van der Waals surface area (Å²) in [5.41, 5.74) is 0. The SMILES string of the molecule is CCCCC/C=C/C/C=C/C/C=C/C/C=C/CCCCCCCC(=O)OCC(COCCC(C(=O)O)[N+](C)(C)C)OC(=O)CCCCCCCCCCCCCCCCCCCC. The van der Waals surface area contributed by atoms with Gasteiger partial charge in [0.25, 0.3) is 0 Å². The number of likely N-dealkylation sites (N-methyl/N-ethyl adjacent to an activating group) is 1. The molecule has 0 radical (unpaired) electrons. The molecule has 0 saturated carbocycles. The van der Waals surface area contributed by atoms with E-state index in [0.29, 0.717) is 19.3 Å². The van der Waals surface area contributed by atoms with E-state index in [1.54, 1.807) is 0 Å². The molecule has 0 bridgehead atoms. The summed E-state index contributed by atoms with van der Waals surface area (Å²) in [6.07, 6.45) is 55.8. The topological polar surface area (TPSA) is 99.1 Å². The second kappa shape index (κ2) is 45.8. The fraction of sp³-hybridized carbons (Fsp3) is 0.800. The minimum absolute atomic E-state index is 0.0566. The first-order valence-corrected chi connectivity index (χ1v) is 26.2. The van der Waals surface area contributed by atoms with Gasteiger partial charge >= 0.3 is 17.9 Å². The van der Waals surface area contributed by atoms with Crippen LogP contribution in [0.3, 0.4) is 0 Å². The molecule has 0 aromatic rings. The highest BCUT2D eigenvalue weighted by molar-refractivity contribution is 5.72. The number of ether oxygens (including phenoxy) is 3. The van der Waals surface area contributed by atoms with Crippen LogP contribution in [0.15, 0.2) is 48.6 Å². The van der Waals surface area contributed by atoms with Gasteiger partial charge in [0.05, 0.1) is 34.4 Å². The van der Waals surface area contributed by atoms with Crippen LogP contribution < -0.4 is 0 Å². The van der Waals surface area contributed by atoms with Crippen LogP contribution in [0, 0.1) is 0 Å². The lowest BCUT2D eigenvalue weighted by atomic mass is 10.0. The molecule has 0 aromatic carbocycles. The average Bonchev–Trinajstić information content (AvgIpc) is 3.24. The van der Waals surface area contributed by atoms with Crippen molar-refractivity contribution in [3.63, 3.8) is 0 Å². The number of allylic oxidation sites excluding steroid dienone is 8. The third kappa shape index (κ3) is 44.3. The van der Waals surface area contributed by atoms with Gasteiger partial charge < -0.3 is 23.8 Å². The summed E-state index contributed by atoms with van der Waals surface area (Å²) >= 11 is 0. The number of hydrogen-bond acceptors (Lipinski definition) is 6. The molecule has 0 saturated heterocycles. The van der Waals surface area contributed by atoms with Crippen molar-refractivity contribution in [2.75, 3.05) is 41.0 Å². The van der Waals surface area contributed by atoms with Crippen molar-refractivity contribution in [2.24, 2.45) is 0 Å². The summed E-state index contributed by atoms with van der Waals surface area (Å²) in [4.78, 5) is 37.2. The summed E-state index contributed by atoms with van der Waals surface area (Å²) in [5.74, 6) is -1.48. The second-order valence-corrected chi connectivity index (χ2v) is 18.8. The number of nitrogens with zero attached hydrogens (tertiary/aromatic N) is 1. The Bertz CT molecular complexity index is 1170. The number of carboxylic acid groups (broad SMARTS) is 1. The van der Waals surface area contributed by atoms with Crippen molar-refractivity contribution < 1.29 is 38.2 Å². The molecule has 366 valence electrons. The minimum atomic E-state index is -0.876. The first-order chi connectivity index (χ1) is 30.6. The maximum Gasteiger partial charge on any atom is 0.362 e. The molecule has 0 spiro atoms. The molecule has 0 aliphatic rings. The number of carbonyl (C=O) groups is 3. The van der Waals surface area contributed by atoms with Crippen LogP contribution in [0.5, 0.6) is 0 Å². The standard InChI is InChI=1S/C55H99NO7/c1-6-8-10-12-14-16-18-20-22-24-26-27-28-30-31-33-35-37-39-41-43-45-53(57)62-50-51(49-61-48-47-52(55(59)60)56(3,4)5)63-54(58)46-44-42-40-38-36-34-32-29-25-23-21-19-17-15-13-11-9-7-2/h14,16,20,22,26-27,30-31,51-52H,6-13,15,17-19,21,23-25,28-29,32-50H2,1-5H3/p+1/b16-14+,22-20+,27-26+,31-30+. The zero-order valence-electron chi connectivity index (χ0n) is 41.8. The molecule has 0 fully saturated rings. The van der Waals surface area contributed by atoms with Crippen LogP contribution in [0.25, 0.3) is 0 Å². The summed E-state index contributed by atoms with van der Waals surface area (Å²) < 4.78 is 17.4. The summed E-state index contributed by atoms with van der Waals surface area (Å²) in [6, 6.07) is -0.618. The van der Waals surface area contributed by atoms with Gasteiger partial charge in [-0.15, -0.1) is 0 Å².